The summed E-state index contributed by atoms with van der Waals surface area (Å²) in [5.74, 6) is -0.197. The number of amides is 2. The Morgan fingerprint density at radius 2 is 1.76 bits per heavy atom. The standard InChI is InChI=1S/C27H37Cl2N3O4S/c1-6-24(27(34)30-17-19(2)3)31(18-21-10-7-8-11-23(21)29)26(33)12-9-15-32(37(5,35)36)25-16-22(28)14-13-20(25)4/h7-8,10-11,13-14,16,19,24H,6,9,12,15,17-18H2,1-5H3,(H,30,34)/t24-/m0/s1. The zero-order chi connectivity index (χ0) is 27.8. The number of halogens is 2. The zero-order valence-corrected chi connectivity index (χ0v) is 24.5. The van der Waals surface area contributed by atoms with Crippen LogP contribution in [0.15, 0.2) is 42.5 Å². The highest BCUT2D eigenvalue weighted by molar-refractivity contribution is 7.92. The van der Waals surface area contributed by atoms with Crippen LogP contribution in [0, 0.1) is 12.8 Å². The Kier molecular flexibility index (Phi) is 11.7. The Morgan fingerprint density at radius 1 is 1.08 bits per heavy atom. The lowest BCUT2D eigenvalue weighted by atomic mass is 10.1. The summed E-state index contributed by atoms with van der Waals surface area (Å²) in [6.45, 7) is 8.46. The van der Waals surface area contributed by atoms with E-state index in [9.17, 15) is 18.0 Å². The van der Waals surface area contributed by atoms with Crippen LogP contribution in [0.5, 0.6) is 0 Å². The lowest BCUT2D eigenvalue weighted by Gasteiger charge is -2.31. The Hall–Kier alpha value is -2.29. The SMILES string of the molecule is CC[C@@H](C(=O)NCC(C)C)N(Cc1ccccc1Cl)C(=O)CCCN(c1cc(Cl)ccc1C)S(C)(=O)=O. The number of rotatable bonds is 13. The first-order valence-electron chi connectivity index (χ1n) is 12.4. The molecule has 204 valence electrons. The predicted octanol–water partition coefficient (Wildman–Crippen LogP) is 5.43. The molecule has 2 aromatic carbocycles. The number of sulfonamides is 1. The van der Waals surface area contributed by atoms with E-state index in [2.05, 4.69) is 5.32 Å². The van der Waals surface area contributed by atoms with Gasteiger partial charge in [0.1, 0.15) is 6.04 Å². The van der Waals surface area contributed by atoms with Gasteiger partial charge in [-0.3, -0.25) is 13.9 Å². The Labute approximate surface area is 231 Å². The number of benzene rings is 2. The van der Waals surface area contributed by atoms with E-state index >= 15 is 0 Å². The van der Waals surface area contributed by atoms with Gasteiger partial charge in [0.05, 0.1) is 11.9 Å². The van der Waals surface area contributed by atoms with Gasteiger partial charge in [0.15, 0.2) is 0 Å². The summed E-state index contributed by atoms with van der Waals surface area (Å²) in [6.07, 6.45) is 1.88. The average molecular weight is 571 g/mol. The van der Waals surface area contributed by atoms with Crippen LogP contribution in [0.25, 0.3) is 0 Å². The number of anilines is 1. The number of hydrogen-bond acceptors (Lipinski definition) is 4. The molecule has 0 radical (unpaired) electrons. The van der Waals surface area contributed by atoms with Crippen molar-refractivity contribution in [2.24, 2.45) is 5.92 Å². The van der Waals surface area contributed by atoms with Crippen molar-refractivity contribution in [3.8, 4) is 0 Å². The number of carbonyl (C=O) groups excluding carboxylic acids is 2. The monoisotopic (exact) mass is 569 g/mol. The van der Waals surface area contributed by atoms with Crippen LogP contribution in [-0.2, 0) is 26.2 Å². The molecule has 10 heteroatoms. The van der Waals surface area contributed by atoms with E-state index in [4.69, 9.17) is 23.2 Å². The minimum atomic E-state index is -3.61. The van der Waals surface area contributed by atoms with Gasteiger partial charge in [-0.05, 0) is 55.0 Å². The molecule has 0 bridgehead atoms. The first kappa shape index (κ1) is 30.9. The normalized spacial score (nSPS) is 12.3. The van der Waals surface area contributed by atoms with E-state index < -0.39 is 16.1 Å². The Bertz CT molecular complexity index is 1190. The second-order valence-electron chi connectivity index (χ2n) is 9.55. The summed E-state index contributed by atoms with van der Waals surface area (Å²) in [5.41, 5.74) is 1.98. The van der Waals surface area contributed by atoms with E-state index in [-0.39, 0.29) is 43.7 Å². The maximum Gasteiger partial charge on any atom is 0.242 e. The highest BCUT2D eigenvalue weighted by atomic mass is 35.5. The van der Waals surface area contributed by atoms with Crippen molar-refractivity contribution >= 4 is 50.7 Å². The molecule has 0 saturated heterocycles. The first-order chi connectivity index (χ1) is 17.3. The fourth-order valence-corrected chi connectivity index (χ4v) is 5.36. The molecule has 0 fully saturated rings. The van der Waals surface area contributed by atoms with Crippen LogP contribution < -0.4 is 9.62 Å². The topological polar surface area (TPSA) is 86.8 Å². The van der Waals surface area contributed by atoms with Crippen molar-refractivity contribution in [1.82, 2.24) is 10.2 Å². The molecule has 2 rings (SSSR count). The van der Waals surface area contributed by atoms with Crippen LogP contribution in [0.2, 0.25) is 10.0 Å². The van der Waals surface area contributed by atoms with Gasteiger partial charge in [-0.15, -0.1) is 0 Å². The number of carbonyl (C=O) groups is 2. The highest BCUT2D eigenvalue weighted by Crippen LogP contribution is 2.27. The van der Waals surface area contributed by atoms with Crippen molar-refractivity contribution in [1.29, 1.82) is 0 Å². The van der Waals surface area contributed by atoms with E-state index in [1.807, 2.05) is 45.9 Å². The fraction of sp³-hybridized carbons (Fsp3) is 0.481. The van der Waals surface area contributed by atoms with Crippen molar-refractivity contribution in [2.75, 3.05) is 23.7 Å². The van der Waals surface area contributed by atoms with Gasteiger partial charge in [-0.2, -0.15) is 0 Å². The Balaban J connectivity index is 2.25. The second kappa shape index (κ2) is 14.0. The van der Waals surface area contributed by atoms with Crippen molar-refractivity contribution in [3.05, 3.63) is 63.6 Å². The molecular formula is C27H37Cl2N3O4S. The summed E-state index contributed by atoms with van der Waals surface area (Å²) in [5, 5.41) is 3.87. The third-order valence-corrected chi connectivity index (χ3v) is 7.74. The molecule has 2 amide bonds. The summed E-state index contributed by atoms with van der Waals surface area (Å²) >= 11 is 12.5. The minimum absolute atomic E-state index is 0.0596. The van der Waals surface area contributed by atoms with Gasteiger partial charge in [-0.25, -0.2) is 8.42 Å². The molecule has 0 aliphatic rings. The quantitative estimate of drug-likeness (QED) is 0.348. The maximum absolute atomic E-state index is 13.5. The number of hydrogen-bond donors (Lipinski definition) is 1. The lowest BCUT2D eigenvalue weighted by molar-refractivity contribution is -0.141. The second-order valence-corrected chi connectivity index (χ2v) is 12.3. The summed E-state index contributed by atoms with van der Waals surface area (Å²) in [7, 11) is -3.61. The third kappa shape index (κ3) is 9.20. The molecule has 0 aliphatic carbocycles. The number of nitrogens with one attached hydrogen (secondary N) is 1. The average Bonchev–Trinajstić information content (AvgIpc) is 2.82. The summed E-state index contributed by atoms with van der Waals surface area (Å²) in [6, 6.07) is 11.6. The molecule has 0 unspecified atom stereocenters. The number of aryl methyl sites for hydroxylation is 1. The van der Waals surface area contributed by atoms with Crippen LogP contribution in [0.4, 0.5) is 5.69 Å². The minimum Gasteiger partial charge on any atom is -0.354 e. The maximum atomic E-state index is 13.5. The molecule has 0 heterocycles. The molecule has 1 N–H and O–H groups in total. The molecule has 0 saturated carbocycles. The van der Waals surface area contributed by atoms with Crippen molar-refractivity contribution < 1.29 is 18.0 Å². The molecule has 0 aliphatic heterocycles. The smallest absolute Gasteiger partial charge is 0.242 e. The van der Waals surface area contributed by atoms with E-state index in [1.54, 1.807) is 29.2 Å². The predicted molar refractivity (Wildman–Crippen MR) is 152 cm³/mol. The molecule has 1 atom stereocenters. The van der Waals surface area contributed by atoms with Gasteiger partial charge >= 0.3 is 0 Å². The van der Waals surface area contributed by atoms with Gasteiger partial charge in [0.2, 0.25) is 21.8 Å². The van der Waals surface area contributed by atoms with Crippen LogP contribution in [-0.4, -0.2) is 50.5 Å². The van der Waals surface area contributed by atoms with Gasteiger partial charge in [0, 0.05) is 36.1 Å². The summed E-state index contributed by atoms with van der Waals surface area (Å²) < 4.78 is 26.4. The van der Waals surface area contributed by atoms with E-state index in [1.165, 1.54) is 4.31 Å². The van der Waals surface area contributed by atoms with Gasteiger partial charge < -0.3 is 10.2 Å². The third-order valence-electron chi connectivity index (χ3n) is 5.96. The number of nitrogens with zero attached hydrogens (tertiary/aromatic N) is 2. The van der Waals surface area contributed by atoms with E-state index in [0.717, 1.165) is 17.4 Å². The van der Waals surface area contributed by atoms with Crippen molar-refractivity contribution in [2.45, 2.75) is 59.5 Å². The summed E-state index contributed by atoms with van der Waals surface area (Å²) in [4.78, 5) is 28.1. The molecule has 0 spiro atoms. The molecular weight excluding hydrogens is 533 g/mol. The Morgan fingerprint density at radius 3 is 2.35 bits per heavy atom. The zero-order valence-electron chi connectivity index (χ0n) is 22.1. The van der Waals surface area contributed by atoms with Crippen LogP contribution >= 0.6 is 23.2 Å². The molecule has 7 nitrogen and oxygen atoms in total. The van der Waals surface area contributed by atoms with Gasteiger partial charge in [0.25, 0.3) is 0 Å². The molecule has 37 heavy (non-hydrogen) atoms. The molecule has 2 aromatic rings. The fourth-order valence-electron chi connectivity index (χ4n) is 3.99. The van der Waals surface area contributed by atoms with E-state index in [0.29, 0.717) is 28.7 Å². The van der Waals surface area contributed by atoms with Crippen molar-refractivity contribution in [3.63, 3.8) is 0 Å². The van der Waals surface area contributed by atoms with Gasteiger partial charge in [-0.1, -0.05) is 68.2 Å². The lowest BCUT2D eigenvalue weighted by Crippen LogP contribution is -2.49. The first-order valence-corrected chi connectivity index (χ1v) is 15.0. The van der Waals surface area contributed by atoms with Crippen LogP contribution in [0.3, 0.4) is 0 Å². The highest BCUT2D eigenvalue weighted by Gasteiger charge is 2.29. The molecule has 0 aromatic heterocycles. The van der Waals surface area contributed by atoms with Crippen LogP contribution in [0.1, 0.15) is 51.2 Å². The largest absolute Gasteiger partial charge is 0.354 e.